The van der Waals surface area contributed by atoms with E-state index in [1.54, 1.807) is 0 Å². The second-order valence-electron chi connectivity index (χ2n) is 5.00. The molecule has 1 aromatic heterocycles. The normalized spacial score (nSPS) is 17.8. The maximum atomic E-state index is 12.4. The van der Waals surface area contributed by atoms with Crippen molar-refractivity contribution in [2.24, 2.45) is 0 Å². The molecule has 114 valence electrons. The number of nitrogens with one attached hydrogen (secondary N) is 1. The molecule has 2 heterocycles. The maximum Gasteiger partial charge on any atom is 0.272 e. The van der Waals surface area contributed by atoms with Gasteiger partial charge in [0, 0.05) is 31.1 Å². The van der Waals surface area contributed by atoms with Crippen molar-refractivity contribution < 1.29 is 4.79 Å². The number of benzene rings is 1. The van der Waals surface area contributed by atoms with Crippen molar-refractivity contribution >= 4 is 41.6 Å². The number of carbonyl (C=O) groups is 1. The molecule has 1 aliphatic rings. The monoisotopic (exact) mass is 327 g/mol. The van der Waals surface area contributed by atoms with Crippen molar-refractivity contribution in [3.05, 3.63) is 42.1 Å². The number of hydrogen-bond acceptors (Lipinski definition) is 3. The molecular formula is C15H19Cl2N3O. The van der Waals surface area contributed by atoms with E-state index in [9.17, 15) is 4.79 Å². The molecule has 3 rings (SSSR count). The molecule has 1 atom stereocenters. The number of aromatic nitrogens is 1. The summed E-state index contributed by atoms with van der Waals surface area (Å²) in [5, 5.41) is 4.40. The minimum absolute atomic E-state index is 0. The van der Waals surface area contributed by atoms with Crippen LogP contribution in [-0.2, 0) is 0 Å². The first-order chi connectivity index (χ1) is 9.24. The smallest absolute Gasteiger partial charge is 0.272 e. The number of hydrogen-bond donors (Lipinski definition) is 1. The number of pyridine rings is 1. The van der Waals surface area contributed by atoms with Gasteiger partial charge in [0.1, 0.15) is 5.69 Å². The van der Waals surface area contributed by atoms with Gasteiger partial charge in [0.15, 0.2) is 0 Å². The summed E-state index contributed by atoms with van der Waals surface area (Å²) in [6.45, 7) is 4.43. The Kier molecular flexibility index (Phi) is 6.40. The van der Waals surface area contributed by atoms with E-state index in [2.05, 4.69) is 17.2 Å². The van der Waals surface area contributed by atoms with Crippen molar-refractivity contribution in [1.29, 1.82) is 0 Å². The average Bonchev–Trinajstić information content (AvgIpc) is 2.46. The molecule has 1 fully saturated rings. The summed E-state index contributed by atoms with van der Waals surface area (Å²) in [6, 6.07) is 12.0. The van der Waals surface area contributed by atoms with Crippen molar-refractivity contribution in [2.75, 3.05) is 19.6 Å². The van der Waals surface area contributed by atoms with Gasteiger partial charge in [-0.2, -0.15) is 0 Å². The molecule has 0 spiro atoms. The minimum Gasteiger partial charge on any atom is -0.334 e. The summed E-state index contributed by atoms with van der Waals surface area (Å²) in [5.41, 5.74) is 1.41. The number of nitrogens with zero attached hydrogens (tertiary/aromatic N) is 2. The highest BCUT2D eigenvalue weighted by atomic mass is 35.5. The Hall–Kier alpha value is -1.36. The van der Waals surface area contributed by atoms with Crippen LogP contribution in [0, 0.1) is 0 Å². The lowest BCUT2D eigenvalue weighted by Gasteiger charge is -2.31. The third-order valence-electron chi connectivity index (χ3n) is 3.47. The molecule has 1 aromatic carbocycles. The number of rotatable bonds is 1. The van der Waals surface area contributed by atoms with Crippen molar-refractivity contribution in [1.82, 2.24) is 15.2 Å². The topological polar surface area (TPSA) is 45.2 Å². The van der Waals surface area contributed by atoms with Crippen LogP contribution >= 0.6 is 24.8 Å². The first kappa shape index (κ1) is 17.7. The fourth-order valence-electron chi connectivity index (χ4n) is 2.46. The second kappa shape index (κ2) is 7.59. The van der Waals surface area contributed by atoms with Crippen molar-refractivity contribution in [3.8, 4) is 0 Å². The van der Waals surface area contributed by atoms with Crippen LogP contribution in [0.5, 0.6) is 0 Å². The van der Waals surface area contributed by atoms with E-state index >= 15 is 0 Å². The minimum atomic E-state index is 0. The fourth-order valence-corrected chi connectivity index (χ4v) is 2.46. The van der Waals surface area contributed by atoms with E-state index in [4.69, 9.17) is 0 Å². The highest BCUT2D eigenvalue weighted by Crippen LogP contribution is 2.13. The Labute approximate surface area is 136 Å². The SMILES string of the molecule is C[C@H]1CN(C(=O)c2ccc3ccccc3n2)CCN1.Cl.Cl. The lowest BCUT2D eigenvalue weighted by atomic mass is 10.1. The summed E-state index contributed by atoms with van der Waals surface area (Å²) in [4.78, 5) is 18.8. The van der Waals surface area contributed by atoms with Crippen LogP contribution < -0.4 is 5.32 Å². The third-order valence-corrected chi connectivity index (χ3v) is 3.47. The molecule has 1 amide bonds. The number of amides is 1. The first-order valence-corrected chi connectivity index (χ1v) is 6.62. The summed E-state index contributed by atoms with van der Waals surface area (Å²) in [6.07, 6.45) is 0. The van der Waals surface area contributed by atoms with Gasteiger partial charge in [-0.15, -0.1) is 24.8 Å². The maximum absolute atomic E-state index is 12.4. The van der Waals surface area contributed by atoms with Crippen LogP contribution in [0.4, 0.5) is 0 Å². The number of para-hydroxylation sites is 1. The van der Waals surface area contributed by atoms with E-state index in [0.717, 1.165) is 30.5 Å². The number of carbonyl (C=O) groups excluding carboxylic acids is 1. The van der Waals surface area contributed by atoms with Crippen LogP contribution in [0.15, 0.2) is 36.4 Å². The molecule has 1 N–H and O–H groups in total. The molecule has 0 aliphatic carbocycles. The fraction of sp³-hybridized carbons (Fsp3) is 0.333. The van der Waals surface area contributed by atoms with Crippen LogP contribution in [-0.4, -0.2) is 41.5 Å². The molecule has 21 heavy (non-hydrogen) atoms. The molecule has 0 unspecified atom stereocenters. The van der Waals surface area contributed by atoms with Gasteiger partial charge in [-0.1, -0.05) is 24.3 Å². The number of fused-ring (bicyclic) bond motifs is 1. The zero-order valence-electron chi connectivity index (χ0n) is 11.8. The van der Waals surface area contributed by atoms with E-state index in [1.807, 2.05) is 41.3 Å². The van der Waals surface area contributed by atoms with Gasteiger partial charge in [0.25, 0.3) is 5.91 Å². The van der Waals surface area contributed by atoms with Crippen LogP contribution in [0.2, 0.25) is 0 Å². The van der Waals surface area contributed by atoms with Gasteiger partial charge in [0.05, 0.1) is 5.52 Å². The average molecular weight is 328 g/mol. The molecule has 0 bridgehead atoms. The Morgan fingerprint density at radius 2 is 2.00 bits per heavy atom. The summed E-state index contributed by atoms with van der Waals surface area (Å²) in [5.74, 6) is 0.0269. The van der Waals surface area contributed by atoms with Crippen LogP contribution in [0.25, 0.3) is 10.9 Å². The van der Waals surface area contributed by atoms with Crippen LogP contribution in [0.3, 0.4) is 0 Å². The van der Waals surface area contributed by atoms with Gasteiger partial charge in [-0.25, -0.2) is 4.98 Å². The highest BCUT2D eigenvalue weighted by Gasteiger charge is 2.22. The van der Waals surface area contributed by atoms with Gasteiger partial charge in [-0.05, 0) is 19.1 Å². The predicted molar refractivity (Wildman–Crippen MR) is 89.6 cm³/mol. The Morgan fingerprint density at radius 1 is 1.24 bits per heavy atom. The first-order valence-electron chi connectivity index (χ1n) is 6.62. The Bertz CT molecular complexity index is 621. The Balaban J connectivity index is 0.00000110. The standard InChI is InChI=1S/C15H17N3O.2ClH/c1-11-10-18(9-8-16-11)15(19)14-7-6-12-4-2-3-5-13(12)17-14;;/h2-7,11,16H,8-10H2,1H3;2*1H/t11-;;/m0../s1. The molecule has 0 saturated carbocycles. The summed E-state index contributed by atoms with van der Waals surface area (Å²) < 4.78 is 0. The van der Waals surface area contributed by atoms with Gasteiger partial charge in [0.2, 0.25) is 0 Å². The quantitative estimate of drug-likeness (QED) is 0.875. The second-order valence-corrected chi connectivity index (χ2v) is 5.00. The highest BCUT2D eigenvalue weighted by molar-refractivity contribution is 5.95. The Morgan fingerprint density at radius 3 is 2.76 bits per heavy atom. The van der Waals surface area contributed by atoms with Crippen molar-refractivity contribution in [3.63, 3.8) is 0 Å². The van der Waals surface area contributed by atoms with Gasteiger partial charge < -0.3 is 10.2 Å². The molecule has 1 aliphatic heterocycles. The van der Waals surface area contributed by atoms with E-state index in [0.29, 0.717) is 11.7 Å². The zero-order valence-corrected chi connectivity index (χ0v) is 13.4. The molecule has 2 aromatic rings. The summed E-state index contributed by atoms with van der Waals surface area (Å²) in [7, 11) is 0. The molecule has 6 heteroatoms. The number of piperazine rings is 1. The lowest BCUT2D eigenvalue weighted by Crippen LogP contribution is -2.51. The number of halogens is 2. The molecule has 4 nitrogen and oxygen atoms in total. The van der Waals surface area contributed by atoms with E-state index < -0.39 is 0 Å². The predicted octanol–water partition coefficient (Wildman–Crippen LogP) is 2.51. The van der Waals surface area contributed by atoms with E-state index in [-0.39, 0.29) is 30.7 Å². The van der Waals surface area contributed by atoms with Crippen LogP contribution in [0.1, 0.15) is 17.4 Å². The molecular weight excluding hydrogens is 309 g/mol. The molecule has 1 saturated heterocycles. The van der Waals surface area contributed by atoms with Gasteiger partial charge >= 0.3 is 0 Å². The van der Waals surface area contributed by atoms with Gasteiger partial charge in [-0.3, -0.25) is 4.79 Å². The molecule has 0 radical (unpaired) electrons. The largest absolute Gasteiger partial charge is 0.334 e. The zero-order chi connectivity index (χ0) is 13.2. The lowest BCUT2D eigenvalue weighted by molar-refractivity contribution is 0.0703. The summed E-state index contributed by atoms with van der Waals surface area (Å²) >= 11 is 0. The van der Waals surface area contributed by atoms with E-state index in [1.165, 1.54) is 0 Å². The third kappa shape index (κ3) is 3.84. The van der Waals surface area contributed by atoms with Crippen molar-refractivity contribution in [2.45, 2.75) is 13.0 Å².